The van der Waals surface area contributed by atoms with Crippen molar-refractivity contribution in [2.75, 3.05) is 7.05 Å². The van der Waals surface area contributed by atoms with Gasteiger partial charge >= 0.3 is 0 Å². The van der Waals surface area contributed by atoms with E-state index in [0.29, 0.717) is 5.92 Å². The minimum Gasteiger partial charge on any atom is -0.302 e. The molecule has 1 aromatic heterocycles. The van der Waals surface area contributed by atoms with E-state index in [0.717, 1.165) is 56.7 Å². The van der Waals surface area contributed by atoms with Gasteiger partial charge in [-0.1, -0.05) is 20.3 Å². The maximum absolute atomic E-state index is 9.48. The van der Waals surface area contributed by atoms with E-state index in [2.05, 4.69) is 35.3 Å². The number of nitrogens with one attached hydrogen (secondary N) is 1. The highest BCUT2D eigenvalue weighted by molar-refractivity contribution is 5.13. The maximum Gasteiger partial charge on any atom is 0.150 e. The number of hydrogen-bond donors (Lipinski definition) is 1. The van der Waals surface area contributed by atoms with Gasteiger partial charge in [-0.15, -0.1) is 0 Å². The summed E-state index contributed by atoms with van der Waals surface area (Å²) in [5.41, 5.74) is -0.333. The summed E-state index contributed by atoms with van der Waals surface area (Å²) in [5.74, 6) is 2.40. The third-order valence-corrected chi connectivity index (χ3v) is 4.58. The largest absolute Gasteiger partial charge is 0.302 e. The molecule has 0 radical (unpaired) electrons. The van der Waals surface area contributed by atoms with Crippen molar-refractivity contribution >= 4 is 0 Å². The van der Waals surface area contributed by atoms with Crippen molar-refractivity contribution in [3.63, 3.8) is 0 Å². The summed E-state index contributed by atoms with van der Waals surface area (Å²) >= 11 is 0. The van der Waals surface area contributed by atoms with Crippen LogP contribution < -0.4 is 5.32 Å². The molecule has 0 bridgehead atoms. The first-order chi connectivity index (χ1) is 9.69. The molecule has 5 nitrogen and oxygen atoms in total. The van der Waals surface area contributed by atoms with E-state index in [9.17, 15) is 5.26 Å². The maximum atomic E-state index is 9.48. The van der Waals surface area contributed by atoms with E-state index >= 15 is 0 Å². The molecule has 1 aliphatic rings. The fraction of sp³-hybridized carbons (Fsp3) is 0.800. The van der Waals surface area contributed by atoms with Crippen LogP contribution in [0.5, 0.6) is 0 Å². The van der Waals surface area contributed by atoms with Crippen LogP contribution in [-0.4, -0.2) is 27.4 Å². The molecule has 0 aromatic carbocycles. The van der Waals surface area contributed by atoms with Gasteiger partial charge < -0.3 is 5.32 Å². The Labute approximate surface area is 121 Å². The minimum absolute atomic E-state index is 0.333. The monoisotopic (exact) mass is 275 g/mol. The number of nitrogens with zero attached hydrogens (tertiary/aromatic N) is 4. The van der Waals surface area contributed by atoms with E-state index in [-0.39, 0.29) is 5.54 Å². The molecule has 1 fully saturated rings. The Kier molecular flexibility index (Phi) is 4.77. The second-order valence-corrected chi connectivity index (χ2v) is 5.59. The Balaban J connectivity index is 2.05. The van der Waals surface area contributed by atoms with E-state index in [1.807, 2.05) is 11.7 Å². The van der Waals surface area contributed by atoms with E-state index in [1.54, 1.807) is 0 Å². The van der Waals surface area contributed by atoms with Gasteiger partial charge in [0.25, 0.3) is 0 Å². The number of rotatable bonds is 6. The summed E-state index contributed by atoms with van der Waals surface area (Å²) in [6.45, 7) is 5.06. The van der Waals surface area contributed by atoms with Crippen LogP contribution in [0.3, 0.4) is 0 Å². The molecule has 0 saturated heterocycles. The SMILES string of the molecule is CCc1nc(CC)n(CCC2CCCC2(C#N)NC)n1. The summed E-state index contributed by atoms with van der Waals surface area (Å²) < 4.78 is 2.04. The number of aryl methyl sites for hydroxylation is 3. The molecule has 0 amide bonds. The van der Waals surface area contributed by atoms with Gasteiger partial charge in [-0.2, -0.15) is 10.4 Å². The highest BCUT2D eigenvalue weighted by atomic mass is 15.3. The van der Waals surface area contributed by atoms with Gasteiger partial charge in [0.2, 0.25) is 0 Å². The zero-order chi connectivity index (χ0) is 14.6. The summed E-state index contributed by atoms with van der Waals surface area (Å²) in [6, 6.07) is 2.50. The first-order valence-electron chi connectivity index (χ1n) is 7.71. The lowest BCUT2D eigenvalue weighted by molar-refractivity contribution is 0.301. The van der Waals surface area contributed by atoms with Crippen molar-refractivity contribution < 1.29 is 0 Å². The first kappa shape index (κ1) is 15.0. The van der Waals surface area contributed by atoms with Crippen molar-refractivity contribution in [2.45, 2.75) is 64.5 Å². The van der Waals surface area contributed by atoms with Crippen LogP contribution in [0.15, 0.2) is 0 Å². The molecule has 1 aliphatic carbocycles. The van der Waals surface area contributed by atoms with Crippen LogP contribution in [0.25, 0.3) is 0 Å². The second kappa shape index (κ2) is 6.36. The predicted molar refractivity (Wildman–Crippen MR) is 78.1 cm³/mol. The molecule has 1 saturated carbocycles. The Morgan fingerprint density at radius 1 is 1.45 bits per heavy atom. The Bertz CT molecular complexity index is 487. The van der Waals surface area contributed by atoms with E-state index in [1.165, 1.54) is 0 Å². The lowest BCUT2D eigenvalue weighted by Crippen LogP contribution is -2.45. The van der Waals surface area contributed by atoms with Gasteiger partial charge in [-0.3, -0.25) is 0 Å². The van der Waals surface area contributed by atoms with Crippen molar-refractivity contribution in [3.05, 3.63) is 11.6 Å². The summed E-state index contributed by atoms with van der Waals surface area (Å²) in [7, 11) is 1.91. The normalized spacial score (nSPS) is 25.8. The van der Waals surface area contributed by atoms with Crippen LogP contribution in [-0.2, 0) is 19.4 Å². The topological polar surface area (TPSA) is 66.5 Å². The molecule has 2 atom stereocenters. The molecular formula is C15H25N5. The van der Waals surface area contributed by atoms with Crippen LogP contribution in [0.2, 0.25) is 0 Å². The van der Waals surface area contributed by atoms with Gasteiger partial charge in [0.1, 0.15) is 11.4 Å². The molecule has 5 heteroatoms. The molecule has 110 valence electrons. The second-order valence-electron chi connectivity index (χ2n) is 5.59. The molecule has 2 rings (SSSR count). The van der Waals surface area contributed by atoms with Crippen LogP contribution >= 0.6 is 0 Å². The highest BCUT2D eigenvalue weighted by Crippen LogP contribution is 2.37. The number of hydrogen-bond acceptors (Lipinski definition) is 4. The molecule has 0 aliphatic heterocycles. The lowest BCUT2D eigenvalue weighted by Gasteiger charge is -2.28. The highest BCUT2D eigenvalue weighted by Gasteiger charge is 2.41. The van der Waals surface area contributed by atoms with Gasteiger partial charge in [0.05, 0.1) is 6.07 Å². The predicted octanol–water partition coefficient (Wildman–Crippen LogP) is 2.07. The Morgan fingerprint density at radius 2 is 2.25 bits per heavy atom. The molecule has 1 N–H and O–H groups in total. The zero-order valence-electron chi connectivity index (χ0n) is 12.8. The summed E-state index contributed by atoms with van der Waals surface area (Å²) in [6.07, 6.45) is 6.01. The van der Waals surface area contributed by atoms with Crippen LogP contribution in [0.1, 0.15) is 51.2 Å². The van der Waals surface area contributed by atoms with Crippen molar-refractivity contribution in [1.82, 2.24) is 20.1 Å². The summed E-state index contributed by atoms with van der Waals surface area (Å²) in [4.78, 5) is 4.54. The third kappa shape index (κ3) is 2.71. The standard InChI is InChI=1S/C15H25N5/c1-4-13-18-14(5-2)20(19-13)10-8-12-7-6-9-15(12,11-16)17-3/h12,17H,4-10H2,1-3H3. The fourth-order valence-corrected chi connectivity index (χ4v) is 3.30. The van der Waals surface area contributed by atoms with Crippen LogP contribution in [0.4, 0.5) is 0 Å². The molecule has 0 spiro atoms. The first-order valence-corrected chi connectivity index (χ1v) is 7.71. The van der Waals surface area contributed by atoms with Crippen molar-refractivity contribution in [2.24, 2.45) is 5.92 Å². The average molecular weight is 275 g/mol. The Hall–Kier alpha value is -1.41. The molecule has 2 unspecified atom stereocenters. The lowest BCUT2D eigenvalue weighted by atomic mass is 9.86. The number of nitriles is 1. The molecule has 1 aromatic rings. The van der Waals surface area contributed by atoms with E-state index < -0.39 is 0 Å². The quantitative estimate of drug-likeness (QED) is 0.863. The average Bonchev–Trinajstić information content (AvgIpc) is 3.08. The third-order valence-electron chi connectivity index (χ3n) is 4.58. The van der Waals surface area contributed by atoms with Gasteiger partial charge in [-0.25, -0.2) is 9.67 Å². The van der Waals surface area contributed by atoms with Crippen LogP contribution in [0, 0.1) is 17.2 Å². The molecule has 20 heavy (non-hydrogen) atoms. The molecule has 1 heterocycles. The van der Waals surface area contributed by atoms with Gasteiger partial charge in [0.15, 0.2) is 5.82 Å². The minimum atomic E-state index is -0.333. The zero-order valence-corrected chi connectivity index (χ0v) is 12.8. The van der Waals surface area contributed by atoms with Gasteiger partial charge in [-0.05, 0) is 32.2 Å². The van der Waals surface area contributed by atoms with Gasteiger partial charge in [0, 0.05) is 19.4 Å². The Morgan fingerprint density at radius 3 is 2.85 bits per heavy atom. The van der Waals surface area contributed by atoms with Crippen molar-refractivity contribution in [1.29, 1.82) is 5.26 Å². The molecular weight excluding hydrogens is 250 g/mol. The van der Waals surface area contributed by atoms with Crippen molar-refractivity contribution in [3.8, 4) is 6.07 Å². The number of aromatic nitrogens is 3. The fourth-order valence-electron chi connectivity index (χ4n) is 3.30. The van der Waals surface area contributed by atoms with E-state index in [4.69, 9.17) is 0 Å². The summed E-state index contributed by atoms with van der Waals surface area (Å²) in [5, 5.41) is 17.3. The smallest absolute Gasteiger partial charge is 0.150 e.